The number of rotatable bonds is 3. The number of amides is 1. The summed E-state index contributed by atoms with van der Waals surface area (Å²) in [4.78, 5) is 29.2. The predicted octanol–water partition coefficient (Wildman–Crippen LogP) is 3.17. The second kappa shape index (κ2) is 7.49. The lowest BCUT2D eigenvalue weighted by Crippen LogP contribution is -2.35. The molecule has 0 bridgehead atoms. The second-order valence-corrected chi connectivity index (χ2v) is 6.96. The van der Waals surface area contributed by atoms with Crippen LogP contribution in [0.25, 0.3) is 0 Å². The fourth-order valence-corrected chi connectivity index (χ4v) is 3.77. The first kappa shape index (κ1) is 17.2. The molecule has 1 amide bonds. The molecule has 25 heavy (non-hydrogen) atoms. The van der Waals surface area contributed by atoms with E-state index in [9.17, 15) is 9.59 Å². The standard InChI is InChI=1S/C19H19N3O2S/c1-14(23)16-6-5-15(13-20)12-17(16)21-7-3-8-22(10-9-21)19(24)18-4-2-11-25-18/h2,4-6,11-12H,3,7-10H2,1H3. The zero-order valence-electron chi connectivity index (χ0n) is 14.1. The quantitative estimate of drug-likeness (QED) is 0.795. The molecule has 0 saturated carbocycles. The van der Waals surface area contributed by atoms with Crippen molar-refractivity contribution in [3.05, 3.63) is 51.7 Å². The van der Waals surface area contributed by atoms with Gasteiger partial charge in [0.1, 0.15) is 0 Å². The van der Waals surface area contributed by atoms with Gasteiger partial charge in [-0.25, -0.2) is 0 Å². The van der Waals surface area contributed by atoms with Gasteiger partial charge < -0.3 is 9.80 Å². The number of carbonyl (C=O) groups excluding carboxylic acids is 2. The van der Waals surface area contributed by atoms with Crippen LogP contribution in [0, 0.1) is 11.3 Å². The van der Waals surface area contributed by atoms with Gasteiger partial charge in [-0.05, 0) is 43.0 Å². The summed E-state index contributed by atoms with van der Waals surface area (Å²) >= 11 is 1.45. The van der Waals surface area contributed by atoms with Crippen molar-refractivity contribution >= 4 is 28.7 Å². The van der Waals surface area contributed by atoms with Gasteiger partial charge in [-0.15, -0.1) is 11.3 Å². The van der Waals surface area contributed by atoms with Crippen molar-refractivity contribution in [2.24, 2.45) is 0 Å². The summed E-state index contributed by atoms with van der Waals surface area (Å²) in [5.41, 5.74) is 1.95. The van der Waals surface area contributed by atoms with Gasteiger partial charge in [-0.1, -0.05) is 6.07 Å². The minimum Gasteiger partial charge on any atom is -0.369 e. The molecule has 0 spiro atoms. The molecule has 0 atom stereocenters. The summed E-state index contributed by atoms with van der Waals surface area (Å²) in [6.07, 6.45) is 0.825. The highest BCUT2D eigenvalue weighted by Gasteiger charge is 2.23. The third kappa shape index (κ3) is 3.72. The summed E-state index contributed by atoms with van der Waals surface area (Å²) in [5, 5.41) is 11.1. The third-order valence-corrected chi connectivity index (χ3v) is 5.22. The predicted molar refractivity (Wildman–Crippen MR) is 98.2 cm³/mol. The average molecular weight is 353 g/mol. The van der Waals surface area contributed by atoms with Crippen LogP contribution in [-0.2, 0) is 0 Å². The van der Waals surface area contributed by atoms with Crippen molar-refractivity contribution in [2.45, 2.75) is 13.3 Å². The van der Waals surface area contributed by atoms with Crippen LogP contribution >= 0.6 is 11.3 Å². The molecule has 0 radical (unpaired) electrons. The number of anilines is 1. The largest absolute Gasteiger partial charge is 0.369 e. The Balaban J connectivity index is 1.81. The number of carbonyl (C=O) groups is 2. The molecular weight excluding hydrogens is 334 g/mol. The van der Waals surface area contributed by atoms with E-state index in [1.165, 1.54) is 18.3 Å². The van der Waals surface area contributed by atoms with E-state index < -0.39 is 0 Å². The maximum Gasteiger partial charge on any atom is 0.263 e. The molecule has 1 aliphatic heterocycles. The molecule has 6 heteroatoms. The minimum absolute atomic E-state index is 0.0183. The Labute approximate surface area is 151 Å². The normalized spacial score (nSPS) is 14.7. The minimum atomic E-state index is -0.0183. The van der Waals surface area contributed by atoms with Crippen molar-refractivity contribution < 1.29 is 9.59 Å². The van der Waals surface area contributed by atoms with Gasteiger partial charge in [-0.2, -0.15) is 5.26 Å². The molecule has 0 N–H and O–H groups in total. The van der Waals surface area contributed by atoms with Crippen LogP contribution in [0.4, 0.5) is 5.69 Å². The van der Waals surface area contributed by atoms with Gasteiger partial charge >= 0.3 is 0 Å². The molecule has 1 aliphatic rings. The molecule has 2 heterocycles. The van der Waals surface area contributed by atoms with E-state index in [-0.39, 0.29) is 11.7 Å². The fraction of sp³-hybridized carbons (Fsp3) is 0.316. The van der Waals surface area contributed by atoms with Crippen LogP contribution < -0.4 is 4.90 Å². The van der Waals surface area contributed by atoms with Crippen molar-refractivity contribution in [1.82, 2.24) is 4.90 Å². The Morgan fingerprint density at radius 1 is 1.16 bits per heavy atom. The summed E-state index contributed by atoms with van der Waals surface area (Å²) < 4.78 is 0. The lowest BCUT2D eigenvalue weighted by Gasteiger charge is -2.25. The molecule has 1 fully saturated rings. The highest BCUT2D eigenvalue weighted by molar-refractivity contribution is 7.12. The van der Waals surface area contributed by atoms with Gasteiger partial charge in [-0.3, -0.25) is 9.59 Å². The number of hydrogen-bond donors (Lipinski definition) is 0. The highest BCUT2D eigenvalue weighted by Crippen LogP contribution is 2.25. The Morgan fingerprint density at radius 3 is 2.68 bits per heavy atom. The number of hydrogen-bond acceptors (Lipinski definition) is 5. The molecule has 0 unspecified atom stereocenters. The summed E-state index contributed by atoms with van der Waals surface area (Å²) in [7, 11) is 0. The lowest BCUT2D eigenvalue weighted by molar-refractivity contribution is 0.0771. The molecule has 5 nitrogen and oxygen atoms in total. The molecule has 1 saturated heterocycles. The van der Waals surface area contributed by atoms with Crippen LogP contribution in [0.2, 0.25) is 0 Å². The van der Waals surface area contributed by atoms with Gasteiger partial charge in [0.15, 0.2) is 5.78 Å². The molecule has 0 aliphatic carbocycles. The Morgan fingerprint density at radius 2 is 2.00 bits per heavy atom. The third-order valence-electron chi connectivity index (χ3n) is 4.36. The van der Waals surface area contributed by atoms with E-state index in [1.54, 1.807) is 18.2 Å². The van der Waals surface area contributed by atoms with Crippen molar-refractivity contribution in [3.8, 4) is 6.07 Å². The monoisotopic (exact) mass is 353 g/mol. The van der Waals surface area contributed by atoms with E-state index in [0.717, 1.165) is 23.5 Å². The number of Topliss-reactive ketones (excluding diaryl/α,β-unsaturated/α-hetero) is 1. The van der Waals surface area contributed by atoms with Crippen molar-refractivity contribution in [1.29, 1.82) is 5.26 Å². The summed E-state index contributed by atoms with van der Waals surface area (Å²) in [6, 6.07) is 11.0. The van der Waals surface area contributed by atoms with E-state index in [2.05, 4.69) is 11.0 Å². The summed E-state index contributed by atoms with van der Waals surface area (Å²) in [6.45, 7) is 4.23. The SMILES string of the molecule is CC(=O)c1ccc(C#N)cc1N1CCCN(C(=O)c2cccs2)CC1. The average Bonchev–Trinajstić information content (AvgIpc) is 3.05. The Bertz CT molecular complexity index is 824. The van der Waals surface area contributed by atoms with E-state index in [0.29, 0.717) is 30.8 Å². The van der Waals surface area contributed by atoms with Gasteiger partial charge in [0.2, 0.25) is 0 Å². The second-order valence-electron chi connectivity index (χ2n) is 6.01. The topological polar surface area (TPSA) is 64.4 Å². The molecule has 128 valence electrons. The van der Waals surface area contributed by atoms with E-state index >= 15 is 0 Å². The van der Waals surface area contributed by atoms with Crippen LogP contribution in [0.15, 0.2) is 35.7 Å². The van der Waals surface area contributed by atoms with Crippen molar-refractivity contribution in [3.63, 3.8) is 0 Å². The van der Waals surface area contributed by atoms with Crippen molar-refractivity contribution in [2.75, 3.05) is 31.1 Å². The Kier molecular flexibility index (Phi) is 5.15. The van der Waals surface area contributed by atoms with E-state index in [4.69, 9.17) is 5.26 Å². The highest BCUT2D eigenvalue weighted by atomic mass is 32.1. The molecule has 1 aromatic heterocycles. The number of thiophene rings is 1. The maximum absolute atomic E-state index is 12.6. The number of nitrogens with zero attached hydrogens (tertiary/aromatic N) is 3. The van der Waals surface area contributed by atoms with Crippen LogP contribution in [0.3, 0.4) is 0 Å². The first-order chi connectivity index (χ1) is 12.1. The lowest BCUT2D eigenvalue weighted by atomic mass is 10.1. The number of ketones is 1. The zero-order valence-corrected chi connectivity index (χ0v) is 14.9. The molecule has 2 aromatic rings. The first-order valence-electron chi connectivity index (χ1n) is 8.23. The van der Waals surface area contributed by atoms with Crippen LogP contribution in [0.1, 0.15) is 38.9 Å². The maximum atomic E-state index is 12.6. The van der Waals surface area contributed by atoms with Crippen LogP contribution in [-0.4, -0.2) is 42.8 Å². The van der Waals surface area contributed by atoms with E-state index in [1.807, 2.05) is 22.4 Å². The molecular formula is C19H19N3O2S. The number of nitriles is 1. The van der Waals surface area contributed by atoms with Gasteiger partial charge in [0.25, 0.3) is 5.91 Å². The summed E-state index contributed by atoms with van der Waals surface area (Å²) in [5.74, 6) is 0.0460. The van der Waals surface area contributed by atoms with Gasteiger partial charge in [0.05, 0.1) is 16.5 Å². The Hall–Kier alpha value is -2.65. The van der Waals surface area contributed by atoms with Gasteiger partial charge in [0, 0.05) is 37.4 Å². The zero-order chi connectivity index (χ0) is 17.8. The molecule has 3 rings (SSSR count). The molecule has 1 aromatic carbocycles. The smallest absolute Gasteiger partial charge is 0.263 e. The first-order valence-corrected chi connectivity index (χ1v) is 9.11. The van der Waals surface area contributed by atoms with Crippen LogP contribution in [0.5, 0.6) is 0 Å². The fourth-order valence-electron chi connectivity index (χ4n) is 3.08. The number of benzene rings is 1.